The molecule has 0 bridgehead atoms. The van der Waals surface area contributed by atoms with Crippen LogP contribution in [0, 0.1) is 17.7 Å². The number of hydrogen-bond donors (Lipinski definition) is 2. The number of fused-ring (bicyclic) bond motifs is 1. The van der Waals surface area contributed by atoms with Crippen LogP contribution in [0.5, 0.6) is 0 Å². The van der Waals surface area contributed by atoms with Crippen molar-refractivity contribution in [3.8, 4) is 0 Å². The summed E-state index contributed by atoms with van der Waals surface area (Å²) in [4.78, 5) is 15.6. The fourth-order valence-electron chi connectivity index (χ4n) is 6.68. The number of halogens is 1. The molecule has 5 nitrogen and oxygen atoms in total. The number of carbonyl (C=O) groups is 1. The molecule has 3 aromatic rings. The van der Waals surface area contributed by atoms with Gasteiger partial charge in [0.1, 0.15) is 5.82 Å². The number of nitrogens with zero attached hydrogens (tertiary/aromatic N) is 2. The van der Waals surface area contributed by atoms with Gasteiger partial charge in [0.05, 0.1) is 22.8 Å². The first-order chi connectivity index (χ1) is 20.0. The fraction of sp³-hybridized carbons (Fsp3) is 0.286. The third-order valence-corrected chi connectivity index (χ3v) is 8.55. The quantitative estimate of drug-likeness (QED) is 0.297. The average Bonchev–Trinajstić information content (AvgIpc) is 3.60. The van der Waals surface area contributed by atoms with E-state index in [1.165, 1.54) is 28.9 Å². The standard InChI is InChI=1S/C35H37FN4O/c1-3-10-28(38-35(41)39(29-11-6-4-7-12-29)30-13-8-5-9-14-30)21-25-15-16-26-22-33-32(24(2)34(25)26)23-37-40(33)31-19-17-27(36)18-20-31/h4-9,11-14,17-20,22-25,28,37H,3,10,15-16,21H2,1-2H3,(H,38,41)/t24-,25+,28?/m0/s1. The van der Waals surface area contributed by atoms with Gasteiger partial charge in [-0.15, -0.1) is 0 Å². The van der Waals surface area contributed by atoms with Gasteiger partial charge in [0.15, 0.2) is 0 Å². The molecule has 0 aromatic heterocycles. The molecule has 3 atom stereocenters. The summed E-state index contributed by atoms with van der Waals surface area (Å²) < 4.78 is 13.5. The van der Waals surface area contributed by atoms with Crippen LogP contribution < -0.4 is 20.7 Å². The maximum Gasteiger partial charge on any atom is 0.326 e. The van der Waals surface area contributed by atoms with Crippen molar-refractivity contribution >= 4 is 23.1 Å². The lowest BCUT2D eigenvalue weighted by Crippen LogP contribution is -2.43. The summed E-state index contributed by atoms with van der Waals surface area (Å²) in [7, 11) is 0. The van der Waals surface area contributed by atoms with Gasteiger partial charge in [-0.05, 0) is 91.8 Å². The Balaban J connectivity index is 1.22. The molecule has 0 fully saturated rings. The van der Waals surface area contributed by atoms with E-state index in [0.29, 0.717) is 5.92 Å². The number of nitrogens with one attached hydrogen (secondary N) is 2. The summed E-state index contributed by atoms with van der Waals surface area (Å²) in [6, 6.07) is 26.3. The highest BCUT2D eigenvalue weighted by molar-refractivity contribution is 5.99. The van der Waals surface area contributed by atoms with Crippen molar-refractivity contribution < 1.29 is 9.18 Å². The first kappa shape index (κ1) is 26.9. The Morgan fingerprint density at radius 3 is 2.32 bits per heavy atom. The number of hydrogen-bond acceptors (Lipinski definition) is 3. The summed E-state index contributed by atoms with van der Waals surface area (Å²) in [5.74, 6) is 0.455. The number of allylic oxidation sites excluding steroid dienone is 4. The van der Waals surface area contributed by atoms with Crippen molar-refractivity contribution in [3.05, 3.63) is 125 Å². The maximum atomic E-state index is 13.8. The lowest BCUT2D eigenvalue weighted by molar-refractivity contribution is 0.241. The minimum Gasteiger partial charge on any atom is -0.335 e. The molecule has 0 spiro atoms. The number of carbonyl (C=O) groups excluding carboxylic acids is 1. The van der Waals surface area contributed by atoms with E-state index >= 15 is 0 Å². The highest BCUT2D eigenvalue weighted by Gasteiger charge is 2.39. The predicted molar refractivity (Wildman–Crippen MR) is 164 cm³/mol. The number of para-hydroxylation sites is 2. The molecule has 210 valence electrons. The minimum atomic E-state index is -0.236. The van der Waals surface area contributed by atoms with E-state index in [2.05, 4.69) is 36.9 Å². The molecule has 2 amide bonds. The summed E-state index contributed by atoms with van der Waals surface area (Å²) in [5.41, 5.74) is 11.3. The average molecular weight is 549 g/mol. The van der Waals surface area contributed by atoms with Gasteiger partial charge in [-0.1, -0.05) is 62.2 Å². The number of amides is 2. The summed E-state index contributed by atoms with van der Waals surface area (Å²) in [6.45, 7) is 4.48. The number of anilines is 3. The number of hydrazine groups is 1. The Bertz CT molecular complexity index is 1440. The van der Waals surface area contributed by atoms with Gasteiger partial charge < -0.3 is 10.7 Å². The number of benzene rings is 3. The molecule has 1 heterocycles. The fourth-order valence-corrected chi connectivity index (χ4v) is 6.68. The van der Waals surface area contributed by atoms with Crippen molar-refractivity contribution in [2.45, 2.75) is 52.0 Å². The van der Waals surface area contributed by atoms with Crippen LogP contribution in [0.15, 0.2) is 120 Å². The topological polar surface area (TPSA) is 47.6 Å². The molecule has 0 radical (unpaired) electrons. The van der Waals surface area contributed by atoms with E-state index in [4.69, 9.17) is 0 Å². The predicted octanol–water partition coefficient (Wildman–Crippen LogP) is 8.38. The molecule has 2 N–H and O–H groups in total. The highest BCUT2D eigenvalue weighted by Crippen LogP contribution is 2.49. The zero-order chi connectivity index (χ0) is 28.3. The number of urea groups is 1. The molecule has 6 heteroatoms. The van der Waals surface area contributed by atoms with E-state index in [1.807, 2.05) is 65.7 Å². The van der Waals surface area contributed by atoms with Crippen molar-refractivity contribution in [2.24, 2.45) is 11.8 Å². The molecule has 2 aliphatic carbocycles. The van der Waals surface area contributed by atoms with Crippen LogP contribution >= 0.6 is 0 Å². The van der Waals surface area contributed by atoms with Crippen molar-refractivity contribution in [1.29, 1.82) is 0 Å². The number of rotatable bonds is 8. The van der Waals surface area contributed by atoms with Crippen LogP contribution in [0.4, 0.5) is 26.2 Å². The molecule has 6 rings (SSSR count). The first-order valence-corrected chi connectivity index (χ1v) is 14.7. The minimum absolute atomic E-state index is 0.0725. The van der Waals surface area contributed by atoms with Crippen LogP contribution in [0.2, 0.25) is 0 Å². The van der Waals surface area contributed by atoms with Crippen molar-refractivity contribution in [1.82, 2.24) is 10.7 Å². The Morgan fingerprint density at radius 2 is 1.68 bits per heavy atom. The second-order valence-corrected chi connectivity index (χ2v) is 11.2. The Hall–Kier alpha value is -4.32. The smallest absolute Gasteiger partial charge is 0.326 e. The highest BCUT2D eigenvalue weighted by atomic mass is 19.1. The summed E-state index contributed by atoms with van der Waals surface area (Å²) >= 11 is 0. The molecule has 1 unspecified atom stereocenters. The van der Waals surface area contributed by atoms with Gasteiger partial charge >= 0.3 is 6.03 Å². The summed E-state index contributed by atoms with van der Waals surface area (Å²) in [5, 5.41) is 5.46. The van der Waals surface area contributed by atoms with E-state index in [9.17, 15) is 9.18 Å². The van der Waals surface area contributed by atoms with E-state index in [-0.39, 0.29) is 23.8 Å². The second-order valence-electron chi connectivity index (χ2n) is 11.2. The van der Waals surface area contributed by atoms with Gasteiger partial charge in [0.25, 0.3) is 0 Å². The molecule has 41 heavy (non-hydrogen) atoms. The van der Waals surface area contributed by atoms with Gasteiger partial charge in [-0.25, -0.2) is 9.18 Å². The van der Waals surface area contributed by atoms with Crippen molar-refractivity contribution in [2.75, 3.05) is 9.91 Å². The van der Waals surface area contributed by atoms with Crippen LogP contribution in [0.25, 0.3) is 0 Å². The van der Waals surface area contributed by atoms with Crippen LogP contribution in [-0.4, -0.2) is 12.1 Å². The van der Waals surface area contributed by atoms with Crippen LogP contribution in [0.3, 0.4) is 0 Å². The first-order valence-electron chi connectivity index (χ1n) is 14.7. The van der Waals surface area contributed by atoms with E-state index in [1.54, 1.807) is 17.0 Å². The molecular weight excluding hydrogens is 511 g/mol. The SMILES string of the molecule is CCCC(C[C@H]1CCC2=C1[C@@H](C)C1=CNN(c3ccc(F)cc3)C1=C2)NC(=O)N(c1ccccc1)c1ccccc1. The molecule has 3 aliphatic rings. The Kier molecular flexibility index (Phi) is 7.64. The van der Waals surface area contributed by atoms with Gasteiger partial charge in [-0.2, -0.15) is 0 Å². The Morgan fingerprint density at radius 1 is 1.02 bits per heavy atom. The third-order valence-electron chi connectivity index (χ3n) is 8.55. The zero-order valence-electron chi connectivity index (χ0n) is 23.7. The van der Waals surface area contributed by atoms with E-state index < -0.39 is 0 Å². The third kappa shape index (κ3) is 5.39. The lowest BCUT2D eigenvalue weighted by atomic mass is 9.78. The van der Waals surface area contributed by atoms with Gasteiger partial charge in [-0.3, -0.25) is 9.91 Å². The lowest BCUT2D eigenvalue weighted by Gasteiger charge is -2.32. The molecule has 3 aromatic carbocycles. The van der Waals surface area contributed by atoms with E-state index in [0.717, 1.165) is 54.9 Å². The Labute approximate surface area is 242 Å². The van der Waals surface area contributed by atoms with Gasteiger partial charge in [0, 0.05) is 23.7 Å². The van der Waals surface area contributed by atoms with Crippen molar-refractivity contribution in [3.63, 3.8) is 0 Å². The maximum absolute atomic E-state index is 13.8. The normalized spacial score (nSPS) is 20.0. The van der Waals surface area contributed by atoms with Crippen LogP contribution in [-0.2, 0) is 0 Å². The molecular formula is C35H37FN4O. The summed E-state index contributed by atoms with van der Waals surface area (Å²) in [6.07, 6.45) is 9.37. The molecule has 0 saturated carbocycles. The largest absolute Gasteiger partial charge is 0.335 e. The monoisotopic (exact) mass is 548 g/mol. The van der Waals surface area contributed by atoms with Crippen LogP contribution in [0.1, 0.15) is 46.0 Å². The second kappa shape index (κ2) is 11.7. The molecule has 0 saturated heterocycles. The molecule has 1 aliphatic heterocycles. The van der Waals surface area contributed by atoms with Gasteiger partial charge in [0.2, 0.25) is 0 Å². The zero-order valence-corrected chi connectivity index (χ0v) is 23.7.